The lowest BCUT2D eigenvalue weighted by Crippen LogP contribution is -2.35. The Labute approximate surface area is 176 Å². The minimum atomic E-state index is -0.118. The maximum atomic E-state index is 7.70. The number of rotatable bonds is 5. The molecule has 1 atom stereocenters. The first-order valence-corrected chi connectivity index (χ1v) is 10.5. The molecule has 0 amide bonds. The highest BCUT2D eigenvalue weighted by Crippen LogP contribution is 2.31. The summed E-state index contributed by atoms with van der Waals surface area (Å²) in [6, 6.07) is 11.9. The minimum absolute atomic E-state index is 0.0388. The lowest BCUT2D eigenvalue weighted by atomic mass is 10.1. The van der Waals surface area contributed by atoms with E-state index in [0.717, 1.165) is 41.1 Å². The summed E-state index contributed by atoms with van der Waals surface area (Å²) in [6.07, 6.45) is 3.76. The Morgan fingerprint density at radius 2 is 2.13 bits per heavy atom. The predicted molar refractivity (Wildman–Crippen MR) is 113 cm³/mol. The quantitative estimate of drug-likeness (QED) is 0.375. The van der Waals surface area contributed by atoms with E-state index in [1.807, 2.05) is 52.7 Å². The summed E-state index contributed by atoms with van der Waals surface area (Å²) in [5.74, 6) is 1.08. The maximum absolute atomic E-state index is 7.70. The molecular formula is C20H20N8OS. The van der Waals surface area contributed by atoms with Gasteiger partial charge in [0.2, 0.25) is 11.7 Å². The van der Waals surface area contributed by atoms with E-state index in [0.29, 0.717) is 18.3 Å². The van der Waals surface area contributed by atoms with Gasteiger partial charge in [-0.25, -0.2) is 4.68 Å². The van der Waals surface area contributed by atoms with Crippen LogP contribution in [0.4, 0.5) is 0 Å². The summed E-state index contributed by atoms with van der Waals surface area (Å²) in [5, 5.41) is 22.3. The van der Waals surface area contributed by atoms with Gasteiger partial charge in [-0.2, -0.15) is 4.98 Å². The second-order valence-corrected chi connectivity index (χ2v) is 8.12. The van der Waals surface area contributed by atoms with Crippen molar-refractivity contribution in [1.29, 1.82) is 5.41 Å². The fourth-order valence-electron chi connectivity index (χ4n) is 3.66. The number of nitrogens with zero attached hydrogens (tertiary/aromatic N) is 6. The zero-order valence-corrected chi connectivity index (χ0v) is 16.9. The highest BCUT2D eigenvalue weighted by atomic mass is 32.1. The molecule has 4 heterocycles. The predicted octanol–water partition coefficient (Wildman–Crippen LogP) is 3.14. The van der Waals surface area contributed by atoms with Gasteiger partial charge in [-0.3, -0.25) is 5.41 Å². The van der Waals surface area contributed by atoms with Crippen LogP contribution in [0, 0.1) is 5.41 Å². The maximum Gasteiger partial charge on any atom is 0.249 e. The summed E-state index contributed by atoms with van der Waals surface area (Å²) < 4.78 is 7.30. The lowest BCUT2D eigenvalue weighted by Gasteiger charge is -2.21. The first-order chi connectivity index (χ1) is 14.7. The summed E-state index contributed by atoms with van der Waals surface area (Å²) >= 11 is 1.65. The molecule has 1 aromatic carbocycles. The Hall–Kier alpha value is -3.53. The van der Waals surface area contributed by atoms with Gasteiger partial charge < -0.3 is 15.2 Å². The van der Waals surface area contributed by atoms with Crippen LogP contribution < -0.4 is 5.73 Å². The molecule has 3 N–H and O–H groups in total. The van der Waals surface area contributed by atoms with Crippen LogP contribution in [-0.4, -0.2) is 42.5 Å². The Bertz CT molecular complexity index is 1150. The van der Waals surface area contributed by atoms with E-state index in [9.17, 15) is 0 Å². The average molecular weight is 421 g/mol. The molecule has 0 aliphatic carbocycles. The van der Waals surface area contributed by atoms with Crippen molar-refractivity contribution in [2.75, 3.05) is 6.54 Å². The second kappa shape index (κ2) is 7.71. The molecule has 152 valence electrons. The number of likely N-dealkylation sites (tertiary alicyclic amines) is 1. The highest BCUT2D eigenvalue weighted by molar-refractivity contribution is 7.13. The van der Waals surface area contributed by atoms with Crippen LogP contribution in [0.25, 0.3) is 22.0 Å². The summed E-state index contributed by atoms with van der Waals surface area (Å²) in [6.45, 7) is 1.37. The third kappa shape index (κ3) is 3.57. The van der Waals surface area contributed by atoms with Crippen molar-refractivity contribution in [2.24, 2.45) is 5.73 Å². The number of aromatic nitrogens is 5. The van der Waals surface area contributed by atoms with E-state index >= 15 is 0 Å². The molecule has 10 heteroatoms. The normalized spacial score (nSPS) is 16.3. The fourth-order valence-corrected chi connectivity index (χ4v) is 4.33. The van der Waals surface area contributed by atoms with Crippen LogP contribution in [0.1, 0.15) is 30.3 Å². The first-order valence-electron chi connectivity index (χ1n) is 9.65. The van der Waals surface area contributed by atoms with Crippen molar-refractivity contribution in [3.05, 3.63) is 59.4 Å². The Morgan fingerprint density at radius 1 is 1.27 bits per heavy atom. The third-order valence-electron chi connectivity index (χ3n) is 5.16. The van der Waals surface area contributed by atoms with Gasteiger partial charge in [-0.05, 0) is 29.9 Å². The number of benzene rings is 1. The molecule has 0 spiro atoms. The summed E-state index contributed by atoms with van der Waals surface area (Å²) in [4.78, 5) is 7.44. The largest absolute Gasteiger partial charge is 0.370 e. The van der Waals surface area contributed by atoms with Gasteiger partial charge in [-0.1, -0.05) is 40.7 Å². The molecule has 1 aliphatic rings. The Kier molecular flexibility index (Phi) is 4.75. The Morgan fingerprint density at radius 3 is 2.90 bits per heavy atom. The molecule has 0 bridgehead atoms. The number of thiophene rings is 1. The molecule has 1 saturated heterocycles. The van der Waals surface area contributed by atoms with Crippen LogP contribution in [-0.2, 0) is 6.54 Å². The lowest BCUT2D eigenvalue weighted by molar-refractivity contribution is 0.283. The van der Waals surface area contributed by atoms with Gasteiger partial charge in [0.05, 0.1) is 17.6 Å². The number of hydrogen-bond acceptors (Lipinski definition) is 7. The number of nitrogens with one attached hydrogen (secondary N) is 1. The minimum Gasteiger partial charge on any atom is -0.370 e. The molecule has 3 aromatic heterocycles. The van der Waals surface area contributed by atoms with Crippen molar-refractivity contribution in [2.45, 2.75) is 25.4 Å². The molecule has 1 aliphatic heterocycles. The molecular weight excluding hydrogens is 400 g/mol. The highest BCUT2D eigenvalue weighted by Gasteiger charge is 2.31. The summed E-state index contributed by atoms with van der Waals surface area (Å²) in [7, 11) is 0. The number of hydrogen-bond donors (Lipinski definition) is 2. The van der Waals surface area contributed by atoms with Gasteiger partial charge in [0.15, 0.2) is 5.96 Å². The van der Waals surface area contributed by atoms with E-state index in [-0.39, 0.29) is 12.0 Å². The number of nitrogens with two attached hydrogens (primary N) is 1. The van der Waals surface area contributed by atoms with Gasteiger partial charge in [0, 0.05) is 12.1 Å². The Balaban J connectivity index is 1.29. The van der Waals surface area contributed by atoms with Crippen molar-refractivity contribution >= 4 is 17.3 Å². The molecule has 4 aromatic rings. The topological polar surface area (TPSA) is 123 Å². The van der Waals surface area contributed by atoms with E-state index in [1.54, 1.807) is 16.2 Å². The molecule has 9 nitrogen and oxygen atoms in total. The average Bonchev–Trinajstić information content (AvgIpc) is 3.55. The van der Waals surface area contributed by atoms with Crippen LogP contribution in [0.15, 0.2) is 52.5 Å². The van der Waals surface area contributed by atoms with Crippen molar-refractivity contribution in [1.82, 2.24) is 30.0 Å². The molecule has 1 fully saturated rings. The SMILES string of the molecule is N=C(N)N1CCCC1c1nc(-c2ccc(Cn3cc(-c4cccs4)nn3)cc2)no1. The van der Waals surface area contributed by atoms with Gasteiger partial charge >= 0.3 is 0 Å². The van der Waals surface area contributed by atoms with Crippen LogP contribution in [0.3, 0.4) is 0 Å². The van der Waals surface area contributed by atoms with Crippen molar-refractivity contribution in [3.63, 3.8) is 0 Å². The van der Waals surface area contributed by atoms with E-state index in [4.69, 9.17) is 15.7 Å². The second-order valence-electron chi connectivity index (χ2n) is 7.17. The monoisotopic (exact) mass is 420 g/mol. The standard InChI is InChI=1S/C20H20N8OS/c21-20(22)28-9-1-3-16(28)19-23-18(25-29-19)14-7-5-13(6-8-14)11-27-12-15(24-26-27)17-4-2-10-30-17/h2,4-8,10,12,16H,1,3,9,11H2,(H3,21,22). The zero-order valence-electron chi connectivity index (χ0n) is 16.1. The van der Waals surface area contributed by atoms with E-state index in [2.05, 4.69) is 20.5 Å². The van der Waals surface area contributed by atoms with Crippen molar-refractivity contribution in [3.8, 4) is 22.0 Å². The fraction of sp³-hybridized carbons (Fsp3) is 0.250. The summed E-state index contributed by atoms with van der Waals surface area (Å²) in [5.41, 5.74) is 8.52. The van der Waals surface area contributed by atoms with E-state index < -0.39 is 0 Å². The van der Waals surface area contributed by atoms with Crippen LogP contribution >= 0.6 is 11.3 Å². The molecule has 5 rings (SSSR count). The first kappa shape index (κ1) is 18.5. The van der Waals surface area contributed by atoms with Crippen molar-refractivity contribution < 1.29 is 4.52 Å². The molecule has 1 unspecified atom stereocenters. The smallest absolute Gasteiger partial charge is 0.249 e. The third-order valence-corrected chi connectivity index (χ3v) is 6.05. The van der Waals surface area contributed by atoms with Gasteiger partial charge in [0.25, 0.3) is 0 Å². The number of guanidine groups is 1. The molecule has 0 saturated carbocycles. The van der Waals surface area contributed by atoms with Gasteiger partial charge in [0.1, 0.15) is 11.7 Å². The van der Waals surface area contributed by atoms with Gasteiger partial charge in [-0.15, -0.1) is 16.4 Å². The van der Waals surface area contributed by atoms with Crippen LogP contribution in [0.2, 0.25) is 0 Å². The zero-order chi connectivity index (χ0) is 20.5. The van der Waals surface area contributed by atoms with Crippen LogP contribution in [0.5, 0.6) is 0 Å². The van der Waals surface area contributed by atoms with E-state index in [1.165, 1.54) is 0 Å². The molecule has 30 heavy (non-hydrogen) atoms. The molecule has 0 radical (unpaired) electrons.